The molecule has 0 aliphatic carbocycles. The fourth-order valence-corrected chi connectivity index (χ4v) is 3.33. The number of nitrogens with zero attached hydrogens (tertiary/aromatic N) is 2. The zero-order valence-corrected chi connectivity index (χ0v) is 15.4. The number of amides is 1. The van der Waals surface area contributed by atoms with E-state index in [1.54, 1.807) is 17.4 Å². The summed E-state index contributed by atoms with van der Waals surface area (Å²) in [4.78, 5) is 25.2. The van der Waals surface area contributed by atoms with E-state index >= 15 is 0 Å². The van der Waals surface area contributed by atoms with Crippen molar-refractivity contribution in [3.05, 3.63) is 75.9 Å². The highest BCUT2D eigenvalue weighted by molar-refractivity contribution is 7.13. The second-order valence-corrected chi connectivity index (χ2v) is 7.07. The first-order chi connectivity index (χ1) is 12.6. The normalized spacial score (nSPS) is 11.9. The molecule has 0 aliphatic heterocycles. The molecule has 1 unspecified atom stereocenters. The number of thiophene rings is 1. The summed E-state index contributed by atoms with van der Waals surface area (Å²) in [5, 5.41) is 9.32. The number of aromatic nitrogens is 2. The van der Waals surface area contributed by atoms with Crippen molar-refractivity contribution >= 4 is 17.2 Å². The minimum absolute atomic E-state index is 0.0248. The third kappa shape index (κ3) is 4.67. The van der Waals surface area contributed by atoms with Crippen LogP contribution in [0.15, 0.2) is 64.8 Å². The molecule has 0 fully saturated rings. The van der Waals surface area contributed by atoms with Crippen LogP contribution < -0.4 is 10.9 Å². The average molecular weight is 367 g/mol. The van der Waals surface area contributed by atoms with Gasteiger partial charge >= 0.3 is 0 Å². The Morgan fingerprint density at radius 3 is 2.69 bits per heavy atom. The third-order valence-electron chi connectivity index (χ3n) is 4.09. The van der Waals surface area contributed by atoms with Gasteiger partial charge in [0.2, 0.25) is 5.91 Å². The van der Waals surface area contributed by atoms with Gasteiger partial charge in [0.15, 0.2) is 0 Å². The molecule has 1 amide bonds. The molecule has 134 valence electrons. The number of aryl methyl sites for hydroxylation is 1. The van der Waals surface area contributed by atoms with Gasteiger partial charge in [0.25, 0.3) is 5.56 Å². The molecular weight excluding hydrogens is 346 g/mol. The molecule has 0 saturated carbocycles. The molecular formula is C20H21N3O2S. The van der Waals surface area contributed by atoms with E-state index in [0.717, 1.165) is 16.1 Å². The molecule has 0 spiro atoms. The van der Waals surface area contributed by atoms with E-state index < -0.39 is 0 Å². The van der Waals surface area contributed by atoms with Crippen molar-refractivity contribution in [2.24, 2.45) is 0 Å². The second kappa shape index (κ2) is 8.58. The van der Waals surface area contributed by atoms with Crippen molar-refractivity contribution in [3.8, 4) is 10.6 Å². The Bertz CT molecular complexity index is 904. The topological polar surface area (TPSA) is 64.0 Å². The SMILES string of the molecule is CC(CNC(=O)CCc1ccccc1)n1nc(-c2cccs2)ccc1=O. The lowest BCUT2D eigenvalue weighted by Crippen LogP contribution is -2.34. The Morgan fingerprint density at radius 1 is 1.15 bits per heavy atom. The van der Waals surface area contributed by atoms with Crippen LogP contribution >= 0.6 is 11.3 Å². The Hall–Kier alpha value is -2.73. The molecule has 5 nitrogen and oxygen atoms in total. The first kappa shape index (κ1) is 18.1. The summed E-state index contributed by atoms with van der Waals surface area (Å²) in [5.41, 5.74) is 1.73. The van der Waals surface area contributed by atoms with Crippen LogP contribution in [0.3, 0.4) is 0 Å². The Morgan fingerprint density at radius 2 is 1.96 bits per heavy atom. The molecule has 26 heavy (non-hydrogen) atoms. The van der Waals surface area contributed by atoms with Gasteiger partial charge < -0.3 is 5.32 Å². The lowest BCUT2D eigenvalue weighted by molar-refractivity contribution is -0.121. The van der Waals surface area contributed by atoms with Crippen molar-refractivity contribution in [2.75, 3.05) is 6.54 Å². The maximum atomic E-state index is 12.1. The van der Waals surface area contributed by atoms with Crippen LogP contribution in [-0.4, -0.2) is 22.2 Å². The largest absolute Gasteiger partial charge is 0.354 e. The third-order valence-corrected chi connectivity index (χ3v) is 4.99. The number of carbonyl (C=O) groups excluding carboxylic acids is 1. The number of carbonyl (C=O) groups is 1. The highest BCUT2D eigenvalue weighted by atomic mass is 32.1. The lowest BCUT2D eigenvalue weighted by atomic mass is 10.1. The summed E-state index contributed by atoms with van der Waals surface area (Å²) in [7, 11) is 0. The van der Waals surface area contributed by atoms with Gasteiger partial charge in [0.1, 0.15) is 5.69 Å². The molecule has 3 rings (SSSR count). The van der Waals surface area contributed by atoms with Gasteiger partial charge in [0, 0.05) is 19.0 Å². The van der Waals surface area contributed by atoms with Crippen molar-refractivity contribution in [1.29, 1.82) is 0 Å². The van der Waals surface area contributed by atoms with Crippen LogP contribution in [0.4, 0.5) is 0 Å². The fourth-order valence-electron chi connectivity index (χ4n) is 2.64. The molecule has 0 radical (unpaired) electrons. The Kier molecular flexibility index (Phi) is 5.96. The highest BCUT2D eigenvalue weighted by Crippen LogP contribution is 2.21. The number of hydrogen-bond acceptors (Lipinski definition) is 4. The second-order valence-electron chi connectivity index (χ2n) is 6.12. The molecule has 1 aromatic carbocycles. The fraction of sp³-hybridized carbons (Fsp3) is 0.250. The maximum absolute atomic E-state index is 12.1. The molecule has 0 saturated heterocycles. The van der Waals surface area contributed by atoms with Crippen LogP contribution in [0.1, 0.15) is 24.9 Å². The predicted octanol–water partition coefficient (Wildman–Crippen LogP) is 3.28. The van der Waals surface area contributed by atoms with Crippen LogP contribution in [0, 0.1) is 0 Å². The van der Waals surface area contributed by atoms with Crippen molar-refractivity contribution in [1.82, 2.24) is 15.1 Å². The van der Waals surface area contributed by atoms with Crippen LogP contribution in [-0.2, 0) is 11.2 Å². The number of benzene rings is 1. The van der Waals surface area contributed by atoms with E-state index in [1.165, 1.54) is 10.7 Å². The molecule has 0 aliphatic rings. The van der Waals surface area contributed by atoms with E-state index in [1.807, 2.05) is 54.8 Å². The van der Waals surface area contributed by atoms with Crippen molar-refractivity contribution < 1.29 is 4.79 Å². The van der Waals surface area contributed by atoms with Gasteiger partial charge in [-0.2, -0.15) is 5.10 Å². The van der Waals surface area contributed by atoms with Crippen molar-refractivity contribution in [2.45, 2.75) is 25.8 Å². The van der Waals surface area contributed by atoms with Crippen molar-refractivity contribution in [3.63, 3.8) is 0 Å². The zero-order valence-electron chi connectivity index (χ0n) is 14.6. The summed E-state index contributed by atoms with van der Waals surface area (Å²) >= 11 is 1.58. The quantitative estimate of drug-likeness (QED) is 0.697. The van der Waals surface area contributed by atoms with Gasteiger partial charge in [-0.25, -0.2) is 4.68 Å². The van der Waals surface area contributed by atoms with Crippen LogP contribution in [0.5, 0.6) is 0 Å². The van der Waals surface area contributed by atoms with E-state index in [9.17, 15) is 9.59 Å². The molecule has 2 aromatic heterocycles. The lowest BCUT2D eigenvalue weighted by Gasteiger charge is -2.15. The number of nitrogens with one attached hydrogen (secondary N) is 1. The van der Waals surface area contributed by atoms with E-state index in [-0.39, 0.29) is 17.5 Å². The van der Waals surface area contributed by atoms with Gasteiger partial charge in [-0.1, -0.05) is 36.4 Å². The smallest absolute Gasteiger partial charge is 0.267 e. The molecule has 1 atom stereocenters. The van der Waals surface area contributed by atoms with Gasteiger partial charge in [-0.15, -0.1) is 11.3 Å². The van der Waals surface area contributed by atoms with Crippen LogP contribution in [0.25, 0.3) is 10.6 Å². The average Bonchev–Trinajstić information content (AvgIpc) is 3.20. The Labute approximate surface area is 156 Å². The van der Waals surface area contributed by atoms with E-state index in [2.05, 4.69) is 10.4 Å². The molecule has 3 aromatic rings. The molecule has 2 heterocycles. The summed E-state index contributed by atoms with van der Waals surface area (Å²) in [6.45, 7) is 2.25. The van der Waals surface area contributed by atoms with Gasteiger partial charge in [0.05, 0.1) is 10.9 Å². The summed E-state index contributed by atoms with van der Waals surface area (Å²) in [6, 6.07) is 16.9. The van der Waals surface area contributed by atoms with Gasteiger partial charge in [-0.05, 0) is 36.4 Å². The Balaban J connectivity index is 1.57. The molecule has 0 bridgehead atoms. The van der Waals surface area contributed by atoms with Gasteiger partial charge in [-0.3, -0.25) is 9.59 Å². The predicted molar refractivity (Wildman–Crippen MR) is 104 cm³/mol. The number of hydrogen-bond donors (Lipinski definition) is 1. The summed E-state index contributed by atoms with van der Waals surface area (Å²) in [6.07, 6.45) is 1.13. The highest BCUT2D eigenvalue weighted by Gasteiger charge is 2.12. The minimum atomic E-state index is -0.219. The minimum Gasteiger partial charge on any atom is -0.354 e. The van der Waals surface area contributed by atoms with Crippen LogP contribution in [0.2, 0.25) is 0 Å². The monoisotopic (exact) mass is 367 g/mol. The molecule has 6 heteroatoms. The van der Waals surface area contributed by atoms with E-state index in [4.69, 9.17) is 0 Å². The number of rotatable bonds is 7. The zero-order chi connectivity index (χ0) is 18.4. The first-order valence-electron chi connectivity index (χ1n) is 8.58. The maximum Gasteiger partial charge on any atom is 0.267 e. The summed E-state index contributed by atoms with van der Waals surface area (Å²) in [5.74, 6) is -0.0248. The summed E-state index contributed by atoms with van der Waals surface area (Å²) < 4.78 is 1.44. The first-order valence-corrected chi connectivity index (χ1v) is 9.46. The molecule has 1 N–H and O–H groups in total. The standard InChI is InChI=1S/C20H21N3O2S/c1-15(14-21-19(24)11-9-16-6-3-2-4-7-16)23-20(25)12-10-17(22-23)18-8-5-13-26-18/h2-8,10,12-13,15H,9,11,14H2,1H3,(H,21,24). The van der Waals surface area contributed by atoms with E-state index in [0.29, 0.717) is 19.4 Å².